The van der Waals surface area contributed by atoms with Crippen LogP contribution in [0.3, 0.4) is 0 Å². The van der Waals surface area contributed by atoms with Gasteiger partial charge in [-0.25, -0.2) is 10.2 Å². The second-order valence-corrected chi connectivity index (χ2v) is 5.68. The molecule has 1 aliphatic heterocycles. The molecular formula is C15H11BrFN3O2. The van der Waals surface area contributed by atoms with E-state index in [-0.39, 0.29) is 0 Å². The standard InChI is InChI=1S/C15H11BrFN3O2/c16-9-4-5-10-12(13(14(21)19-10)15(22)20-18)11(9)7-2-1-3-8(17)6-7/h1-6,13H,18H2,(H,19,21)(H,20,22). The largest absolute Gasteiger partial charge is 0.325 e. The van der Waals surface area contributed by atoms with E-state index in [1.807, 2.05) is 5.43 Å². The molecular weight excluding hydrogens is 353 g/mol. The molecule has 7 heteroatoms. The minimum atomic E-state index is -1.07. The van der Waals surface area contributed by atoms with E-state index in [0.29, 0.717) is 26.9 Å². The van der Waals surface area contributed by atoms with E-state index in [1.54, 1.807) is 24.3 Å². The first-order valence-electron chi connectivity index (χ1n) is 6.42. The highest BCUT2D eigenvalue weighted by atomic mass is 79.9. The van der Waals surface area contributed by atoms with Gasteiger partial charge in [-0.15, -0.1) is 0 Å². The summed E-state index contributed by atoms with van der Waals surface area (Å²) in [6, 6.07) is 9.38. The summed E-state index contributed by atoms with van der Waals surface area (Å²) < 4.78 is 14.2. The number of hydrogen-bond donors (Lipinski definition) is 3. The van der Waals surface area contributed by atoms with Crippen LogP contribution in [0.2, 0.25) is 0 Å². The predicted molar refractivity (Wildman–Crippen MR) is 83.2 cm³/mol. The summed E-state index contributed by atoms with van der Waals surface area (Å²) in [5.74, 6) is 2.61. The summed E-state index contributed by atoms with van der Waals surface area (Å²) in [7, 11) is 0. The van der Waals surface area contributed by atoms with E-state index in [1.165, 1.54) is 12.1 Å². The van der Waals surface area contributed by atoms with E-state index in [2.05, 4.69) is 21.2 Å². The van der Waals surface area contributed by atoms with Crippen molar-refractivity contribution < 1.29 is 14.0 Å². The molecule has 1 unspecified atom stereocenters. The van der Waals surface area contributed by atoms with E-state index in [0.717, 1.165) is 0 Å². The van der Waals surface area contributed by atoms with Gasteiger partial charge in [0.15, 0.2) is 0 Å². The first-order valence-corrected chi connectivity index (χ1v) is 7.22. The van der Waals surface area contributed by atoms with Crippen molar-refractivity contribution in [3.63, 3.8) is 0 Å². The summed E-state index contributed by atoms with van der Waals surface area (Å²) in [6.07, 6.45) is 0. The van der Waals surface area contributed by atoms with E-state index in [9.17, 15) is 14.0 Å². The van der Waals surface area contributed by atoms with Crippen molar-refractivity contribution in [2.75, 3.05) is 5.32 Å². The smallest absolute Gasteiger partial charge is 0.251 e. The minimum absolute atomic E-state index is 0.404. The molecule has 0 aliphatic carbocycles. The fraction of sp³-hybridized carbons (Fsp3) is 0.0667. The van der Waals surface area contributed by atoms with E-state index in [4.69, 9.17) is 5.84 Å². The average Bonchev–Trinajstić information content (AvgIpc) is 2.82. The predicted octanol–water partition coefficient (Wildman–Crippen LogP) is 2.28. The van der Waals surface area contributed by atoms with Gasteiger partial charge in [0.25, 0.3) is 5.91 Å². The molecule has 22 heavy (non-hydrogen) atoms. The molecule has 4 N–H and O–H groups in total. The third-order valence-corrected chi connectivity index (χ3v) is 4.18. The van der Waals surface area contributed by atoms with Crippen LogP contribution < -0.4 is 16.6 Å². The topological polar surface area (TPSA) is 84.2 Å². The Bertz CT molecular complexity index is 786. The number of benzene rings is 2. The first kappa shape index (κ1) is 14.7. The molecule has 0 spiro atoms. The molecule has 2 aromatic carbocycles. The zero-order valence-corrected chi connectivity index (χ0v) is 12.8. The molecule has 0 bridgehead atoms. The fourth-order valence-electron chi connectivity index (χ4n) is 2.61. The van der Waals surface area contributed by atoms with Crippen molar-refractivity contribution in [2.24, 2.45) is 5.84 Å². The van der Waals surface area contributed by atoms with Gasteiger partial charge in [-0.3, -0.25) is 15.0 Å². The number of fused-ring (bicyclic) bond motifs is 1. The number of hydrogen-bond acceptors (Lipinski definition) is 3. The number of carbonyl (C=O) groups is 2. The molecule has 0 saturated carbocycles. The van der Waals surface area contributed by atoms with Gasteiger partial charge in [-0.05, 0) is 29.8 Å². The molecule has 1 aliphatic rings. The van der Waals surface area contributed by atoms with Crippen LogP contribution in [0.4, 0.5) is 10.1 Å². The molecule has 1 atom stereocenters. The summed E-state index contributed by atoms with van der Waals surface area (Å²) >= 11 is 3.41. The Balaban J connectivity index is 2.27. The number of carbonyl (C=O) groups excluding carboxylic acids is 2. The van der Waals surface area contributed by atoms with Gasteiger partial charge in [-0.2, -0.15) is 0 Å². The number of hydrazine groups is 1. The summed E-state index contributed by atoms with van der Waals surface area (Å²) in [6.45, 7) is 0. The Labute approximate surface area is 133 Å². The van der Waals surface area contributed by atoms with E-state index < -0.39 is 23.5 Å². The number of nitrogens with one attached hydrogen (secondary N) is 2. The van der Waals surface area contributed by atoms with Crippen LogP contribution >= 0.6 is 15.9 Å². The Kier molecular flexibility index (Phi) is 3.67. The molecule has 0 saturated heterocycles. The number of anilines is 1. The third-order valence-electron chi connectivity index (χ3n) is 3.52. The Morgan fingerprint density at radius 2 is 2.09 bits per heavy atom. The summed E-state index contributed by atoms with van der Waals surface area (Å²) in [5.41, 5.74) is 4.14. The second kappa shape index (κ2) is 5.51. The molecule has 2 amide bonds. The first-order chi connectivity index (χ1) is 10.5. The van der Waals surface area contributed by atoms with Gasteiger partial charge in [0.2, 0.25) is 5.91 Å². The number of rotatable bonds is 2. The lowest BCUT2D eigenvalue weighted by molar-refractivity contribution is -0.128. The lowest BCUT2D eigenvalue weighted by Crippen LogP contribution is -2.37. The van der Waals surface area contributed by atoms with Crippen LogP contribution in [-0.2, 0) is 9.59 Å². The second-order valence-electron chi connectivity index (χ2n) is 4.82. The van der Waals surface area contributed by atoms with Gasteiger partial charge in [0.05, 0.1) is 0 Å². The maximum atomic E-state index is 13.5. The number of halogens is 2. The van der Waals surface area contributed by atoms with Crippen molar-refractivity contribution in [1.82, 2.24) is 5.43 Å². The van der Waals surface area contributed by atoms with Crippen molar-refractivity contribution >= 4 is 33.4 Å². The average molecular weight is 364 g/mol. The van der Waals surface area contributed by atoms with Crippen molar-refractivity contribution in [3.8, 4) is 11.1 Å². The van der Waals surface area contributed by atoms with Gasteiger partial charge < -0.3 is 5.32 Å². The summed E-state index contributed by atoms with van der Waals surface area (Å²) in [5, 5.41) is 2.64. The lowest BCUT2D eigenvalue weighted by atomic mass is 9.91. The van der Waals surface area contributed by atoms with E-state index >= 15 is 0 Å². The highest BCUT2D eigenvalue weighted by molar-refractivity contribution is 9.10. The molecule has 0 radical (unpaired) electrons. The lowest BCUT2D eigenvalue weighted by Gasteiger charge is -2.14. The highest BCUT2D eigenvalue weighted by Gasteiger charge is 2.39. The quantitative estimate of drug-likeness (QED) is 0.331. The molecule has 5 nitrogen and oxygen atoms in total. The Hall–Kier alpha value is -2.25. The Morgan fingerprint density at radius 3 is 2.77 bits per heavy atom. The summed E-state index contributed by atoms with van der Waals surface area (Å²) in [4.78, 5) is 24.0. The SMILES string of the molecule is NNC(=O)C1C(=O)Nc2ccc(Br)c(-c3cccc(F)c3)c21. The van der Waals surface area contributed by atoms with Crippen LogP contribution in [0, 0.1) is 5.82 Å². The number of amides is 2. The van der Waals surface area contributed by atoms with Crippen molar-refractivity contribution in [3.05, 3.63) is 52.3 Å². The van der Waals surface area contributed by atoms with Crippen LogP contribution in [0.1, 0.15) is 11.5 Å². The Morgan fingerprint density at radius 1 is 1.32 bits per heavy atom. The molecule has 0 aromatic heterocycles. The minimum Gasteiger partial charge on any atom is -0.325 e. The van der Waals surface area contributed by atoms with Gasteiger partial charge >= 0.3 is 0 Å². The molecule has 1 heterocycles. The molecule has 112 valence electrons. The van der Waals surface area contributed by atoms with Crippen molar-refractivity contribution in [2.45, 2.75) is 5.92 Å². The molecule has 0 fully saturated rings. The normalized spacial score (nSPS) is 16.1. The fourth-order valence-corrected chi connectivity index (χ4v) is 3.18. The van der Waals surface area contributed by atoms with Crippen LogP contribution in [0.5, 0.6) is 0 Å². The molecule has 3 rings (SSSR count). The third kappa shape index (κ3) is 2.28. The number of nitrogens with two attached hydrogens (primary N) is 1. The van der Waals surface area contributed by atoms with Crippen LogP contribution in [0.15, 0.2) is 40.9 Å². The maximum Gasteiger partial charge on any atom is 0.251 e. The van der Waals surface area contributed by atoms with Crippen molar-refractivity contribution in [1.29, 1.82) is 0 Å². The monoisotopic (exact) mass is 363 g/mol. The van der Waals surface area contributed by atoms with Crippen LogP contribution in [-0.4, -0.2) is 11.8 Å². The van der Waals surface area contributed by atoms with Crippen LogP contribution in [0.25, 0.3) is 11.1 Å². The van der Waals surface area contributed by atoms with Gasteiger partial charge in [0, 0.05) is 21.3 Å². The van der Waals surface area contributed by atoms with Gasteiger partial charge in [0.1, 0.15) is 11.7 Å². The highest BCUT2D eigenvalue weighted by Crippen LogP contribution is 2.44. The molecule has 2 aromatic rings. The zero-order chi connectivity index (χ0) is 15.9. The zero-order valence-electron chi connectivity index (χ0n) is 11.2. The maximum absolute atomic E-state index is 13.5. The van der Waals surface area contributed by atoms with Gasteiger partial charge in [-0.1, -0.05) is 28.1 Å².